The van der Waals surface area contributed by atoms with Crippen molar-refractivity contribution in [2.75, 3.05) is 33.4 Å². The second-order valence-electron chi connectivity index (χ2n) is 5.58. The zero-order chi connectivity index (χ0) is 15.6. The molecule has 5 heteroatoms. The van der Waals surface area contributed by atoms with Crippen LogP contribution in [0.25, 0.3) is 0 Å². The molecule has 1 fully saturated rings. The van der Waals surface area contributed by atoms with Gasteiger partial charge in [0.15, 0.2) is 5.11 Å². The average molecular weight is 322 g/mol. The van der Waals surface area contributed by atoms with Gasteiger partial charge in [-0.2, -0.15) is 0 Å². The van der Waals surface area contributed by atoms with Gasteiger partial charge in [0.25, 0.3) is 0 Å². The molecule has 0 spiro atoms. The van der Waals surface area contributed by atoms with E-state index in [1.165, 1.54) is 5.56 Å². The van der Waals surface area contributed by atoms with Crippen molar-refractivity contribution >= 4 is 17.3 Å². The standard InChI is InChI=1S/C17H26N2O2S/c1-20-11-6-10-18-17(22)19(14-16-9-5-12-21-16)13-15-7-3-2-4-8-15/h2-4,7-8,16H,5-6,9-14H2,1H3,(H,18,22)/t16-/m1/s1. The third-order valence-corrected chi connectivity index (χ3v) is 4.16. The Balaban J connectivity index is 1.89. The Labute approximate surface area is 138 Å². The van der Waals surface area contributed by atoms with E-state index in [0.717, 1.165) is 57.2 Å². The molecule has 0 amide bonds. The van der Waals surface area contributed by atoms with Crippen LogP contribution in [0.3, 0.4) is 0 Å². The predicted octanol–water partition coefficient (Wildman–Crippen LogP) is 2.58. The maximum absolute atomic E-state index is 5.77. The number of hydrogen-bond acceptors (Lipinski definition) is 3. The van der Waals surface area contributed by atoms with Crippen LogP contribution in [-0.4, -0.2) is 49.5 Å². The fraction of sp³-hybridized carbons (Fsp3) is 0.588. The highest BCUT2D eigenvalue weighted by Crippen LogP contribution is 2.15. The van der Waals surface area contributed by atoms with E-state index in [0.29, 0.717) is 6.10 Å². The highest BCUT2D eigenvalue weighted by molar-refractivity contribution is 7.80. The van der Waals surface area contributed by atoms with Crippen LogP contribution in [0.1, 0.15) is 24.8 Å². The van der Waals surface area contributed by atoms with E-state index < -0.39 is 0 Å². The molecule has 0 unspecified atom stereocenters. The van der Waals surface area contributed by atoms with Crippen molar-refractivity contribution in [2.24, 2.45) is 0 Å². The van der Waals surface area contributed by atoms with Crippen LogP contribution in [0, 0.1) is 0 Å². The van der Waals surface area contributed by atoms with Crippen LogP contribution in [0.4, 0.5) is 0 Å². The lowest BCUT2D eigenvalue weighted by molar-refractivity contribution is 0.0897. The SMILES string of the molecule is COCCCNC(=S)N(Cc1ccccc1)C[C@H]1CCCO1. The molecule has 0 saturated carbocycles. The predicted molar refractivity (Wildman–Crippen MR) is 92.9 cm³/mol. The van der Waals surface area contributed by atoms with Crippen molar-refractivity contribution in [3.8, 4) is 0 Å². The van der Waals surface area contributed by atoms with Gasteiger partial charge in [0.1, 0.15) is 0 Å². The molecular weight excluding hydrogens is 296 g/mol. The molecule has 4 nitrogen and oxygen atoms in total. The topological polar surface area (TPSA) is 33.7 Å². The minimum absolute atomic E-state index is 0.294. The summed E-state index contributed by atoms with van der Waals surface area (Å²) in [5.41, 5.74) is 1.27. The minimum atomic E-state index is 0.294. The van der Waals surface area contributed by atoms with E-state index >= 15 is 0 Å². The Morgan fingerprint density at radius 1 is 1.41 bits per heavy atom. The third-order valence-electron chi connectivity index (χ3n) is 3.75. The van der Waals surface area contributed by atoms with Gasteiger partial charge in [0.2, 0.25) is 0 Å². The molecule has 122 valence electrons. The van der Waals surface area contributed by atoms with Gasteiger partial charge in [-0.05, 0) is 37.0 Å². The number of hydrogen-bond donors (Lipinski definition) is 1. The second-order valence-corrected chi connectivity index (χ2v) is 5.97. The summed E-state index contributed by atoms with van der Waals surface area (Å²) in [5, 5.41) is 4.13. The first-order valence-corrected chi connectivity index (χ1v) is 8.37. The maximum atomic E-state index is 5.77. The van der Waals surface area contributed by atoms with Crippen LogP contribution in [0.15, 0.2) is 30.3 Å². The number of nitrogens with one attached hydrogen (secondary N) is 1. The quantitative estimate of drug-likeness (QED) is 0.588. The summed E-state index contributed by atoms with van der Waals surface area (Å²) in [6.07, 6.45) is 3.52. The van der Waals surface area contributed by atoms with Gasteiger partial charge in [-0.25, -0.2) is 0 Å². The smallest absolute Gasteiger partial charge is 0.169 e. The van der Waals surface area contributed by atoms with Crippen molar-refractivity contribution in [1.82, 2.24) is 10.2 Å². The Morgan fingerprint density at radius 2 is 2.23 bits per heavy atom. The molecule has 1 atom stereocenters. The highest BCUT2D eigenvalue weighted by Gasteiger charge is 2.20. The van der Waals surface area contributed by atoms with E-state index in [9.17, 15) is 0 Å². The minimum Gasteiger partial charge on any atom is -0.385 e. The van der Waals surface area contributed by atoms with E-state index in [2.05, 4.69) is 34.5 Å². The first kappa shape index (κ1) is 17.2. The van der Waals surface area contributed by atoms with Gasteiger partial charge in [-0.1, -0.05) is 30.3 Å². The maximum Gasteiger partial charge on any atom is 0.169 e. The molecule has 0 radical (unpaired) electrons. The summed E-state index contributed by atoms with van der Waals surface area (Å²) < 4.78 is 10.8. The number of methoxy groups -OCH3 is 1. The lowest BCUT2D eigenvalue weighted by Gasteiger charge is -2.28. The highest BCUT2D eigenvalue weighted by atomic mass is 32.1. The van der Waals surface area contributed by atoms with Gasteiger partial charge < -0.3 is 19.7 Å². The van der Waals surface area contributed by atoms with Crippen molar-refractivity contribution < 1.29 is 9.47 Å². The molecule has 0 bridgehead atoms. The summed E-state index contributed by atoms with van der Waals surface area (Å²) in [4.78, 5) is 2.22. The molecular formula is C17H26N2O2S. The average Bonchev–Trinajstić information content (AvgIpc) is 3.05. The molecule has 1 aliphatic heterocycles. The number of benzene rings is 1. The van der Waals surface area contributed by atoms with Gasteiger partial charge >= 0.3 is 0 Å². The van der Waals surface area contributed by atoms with Crippen LogP contribution in [0.5, 0.6) is 0 Å². The van der Waals surface area contributed by atoms with Gasteiger partial charge in [0, 0.05) is 40.0 Å². The molecule has 0 aromatic heterocycles. The number of ether oxygens (including phenoxy) is 2. The van der Waals surface area contributed by atoms with Crippen LogP contribution < -0.4 is 5.32 Å². The largest absolute Gasteiger partial charge is 0.385 e. The lowest BCUT2D eigenvalue weighted by atomic mass is 10.2. The molecule has 1 aliphatic rings. The molecule has 1 aromatic carbocycles. The summed E-state index contributed by atoms with van der Waals surface area (Å²) in [6.45, 7) is 4.13. The monoisotopic (exact) mass is 322 g/mol. The van der Waals surface area contributed by atoms with E-state index in [-0.39, 0.29) is 0 Å². The Kier molecular flexibility index (Phi) is 7.63. The van der Waals surface area contributed by atoms with Crippen LogP contribution in [-0.2, 0) is 16.0 Å². The third kappa shape index (κ3) is 5.91. The molecule has 1 N–H and O–H groups in total. The van der Waals surface area contributed by atoms with Crippen molar-refractivity contribution in [1.29, 1.82) is 0 Å². The molecule has 1 saturated heterocycles. The lowest BCUT2D eigenvalue weighted by Crippen LogP contribution is -2.43. The van der Waals surface area contributed by atoms with E-state index in [4.69, 9.17) is 21.7 Å². The number of thiocarbonyl (C=S) groups is 1. The van der Waals surface area contributed by atoms with Gasteiger partial charge in [-0.15, -0.1) is 0 Å². The normalized spacial score (nSPS) is 17.4. The van der Waals surface area contributed by atoms with Gasteiger partial charge in [-0.3, -0.25) is 0 Å². The molecule has 1 heterocycles. The molecule has 22 heavy (non-hydrogen) atoms. The summed E-state index contributed by atoms with van der Waals surface area (Å²) in [5.74, 6) is 0. The first-order valence-electron chi connectivity index (χ1n) is 7.97. The molecule has 0 aliphatic carbocycles. The number of nitrogens with zero attached hydrogens (tertiary/aromatic N) is 1. The van der Waals surface area contributed by atoms with Crippen molar-refractivity contribution in [3.63, 3.8) is 0 Å². The Morgan fingerprint density at radius 3 is 2.91 bits per heavy atom. The zero-order valence-corrected chi connectivity index (χ0v) is 14.1. The summed E-state index contributed by atoms with van der Waals surface area (Å²) >= 11 is 5.58. The van der Waals surface area contributed by atoms with Crippen LogP contribution in [0.2, 0.25) is 0 Å². The number of rotatable bonds is 8. The van der Waals surface area contributed by atoms with Crippen molar-refractivity contribution in [2.45, 2.75) is 31.9 Å². The first-order chi connectivity index (χ1) is 10.8. The van der Waals surface area contributed by atoms with E-state index in [1.807, 2.05) is 6.07 Å². The Hall–Kier alpha value is -1.17. The van der Waals surface area contributed by atoms with Gasteiger partial charge in [0.05, 0.1) is 6.10 Å². The fourth-order valence-corrected chi connectivity index (χ4v) is 2.82. The zero-order valence-electron chi connectivity index (χ0n) is 13.3. The summed E-state index contributed by atoms with van der Waals surface area (Å²) in [6, 6.07) is 10.4. The van der Waals surface area contributed by atoms with Crippen LogP contribution >= 0.6 is 12.2 Å². The summed E-state index contributed by atoms with van der Waals surface area (Å²) in [7, 11) is 1.72. The fourth-order valence-electron chi connectivity index (χ4n) is 2.58. The Bertz CT molecular complexity index is 436. The molecule has 1 aromatic rings. The van der Waals surface area contributed by atoms with Crippen molar-refractivity contribution in [3.05, 3.63) is 35.9 Å². The second kappa shape index (κ2) is 9.77. The molecule has 2 rings (SSSR count). The van der Waals surface area contributed by atoms with E-state index in [1.54, 1.807) is 7.11 Å².